The highest BCUT2D eigenvalue weighted by Gasteiger charge is 2.16. The highest BCUT2D eigenvalue weighted by atomic mass is 19.1. The number of anilines is 1. The molecule has 0 atom stereocenters. The average molecular weight is 311 g/mol. The molecular weight excluding hydrogens is 293 g/mol. The number of rotatable bonds is 5. The Morgan fingerprint density at radius 2 is 1.91 bits per heavy atom. The molecule has 23 heavy (non-hydrogen) atoms. The zero-order chi connectivity index (χ0) is 16.2. The zero-order valence-electron chi connectivity index (χ0n) is 13.1. The monoisotopic (exact) mass is 311 g/mol. The molecule has 0 aliphatic rings. The molecule has 0 fully saturated rings. The molecule has 118 valence electrons. The van der Waals surface area contributed by atoms with Crippen molar-refractivity contribution in [2.75, 3.05) is 12.4 Å². The topological polar surface area (TPSA) is 55.6 Å². The van der Waals surface area contributed by atoms with Gasteiger partial charge in [-0.2, -0.15) is 0 Å². The van der Waals surface area contributed by atoms with Crippen LogP contribution in [0.25, 0.3) is 22.6 Å². The molecule has 0 saturated carbocycles. The average Bonchev–Trinajstić information content (AvgIpc) is 2.99. The van der Waals surface area contributed by atoms with E-state index in [9.17, 15) is 4.39 Å². The SMILES string of the molecule is CCCn1cnc(-c2ccc(F)cc2)c1-c1ccnc(NC)n1. The summed E-state index contributed by atoms with van der Waals surface area (Å²) in [4.78, 5) is 13.2. The molecular formula is C17H18FN5. The minimum atomic E-state index is -0.261. The Hall–Kier alpha value is -2.76. The summed E-state index contributed by atoms with van der Waals surface area (Å²) in [7, 11) is 1.78. The fourth-order valence-electron chi connectivity index (χ4n) is 2.49. The van der Waals surface area contributed by atoms with Crippen LogP contribution in [-0.4, -0.2) is 26.6 Å². The molecule has 0 bridgehead atoms. The molecule has 1 aromatic carbocycles. The maximum absolute atomic E-state index is 13.2. The first-order valence-electron chi connectivity index (χ1n) is 7.55. The van der Waals surface area contributed by atoms with Crippen molar-refractivity contribution in [3.8, 4) is 22.6 Å². The summed E-state index contributed by atoms with van der Waals surface area (Å²) in [6, 6.07) is 8.21. The fraction of sp³-hybridized carbons (Fsp3) is 0.235. The Kier molecular flexibility index (Phi) is 4.32. The lowest BCUT2D eigenvalue weighted by Gasteiger charge is -2.10. The number of nitrogens with zero attached hydrogens (tertiary/aromatic N) is 4. The van der Waals surface area contributed by atoms with Gasteiger partial charge >= 0.3 is 0 Å². The van der Waals surface area contributed by atoms with Gasteiger partial charge in [-0.3, -0.25) is 0 Å². The number of nitrogens with one attached hydrogen (secondary N) is 1. The van der Waals surface area contributed by atoms with E-state index < -0.39 is 0 Å². The van der Waals surface area contributed by atoms with Crippen LogP contribution < -0.4 is 5.32 Å². The lowest BCUT2D eigenvalue weighted by molar-refractivity contribution is 0.628. The third kappa shape index (κ3) is 3.06. The van der Waals surface area contributed by atoms with E-state index in [1.165, 1.54) is 12.1 Å². The van der Waals surface area contributed by atoms with Crippen molar-refractivity contribution in [2.24, 2.45) is 0 Å². The van der Waals surface area contributed by atoms with Crippen molar-refractivity contribution in [3.05, 3.63) is 48.7 Å². The first-order valence-corrected chi connectivity index (χ1v) is 7.55. The van der Waals surface area contributed by atoms with Crippen LogP contribution in [-0.2, 0) is 6.54 Å². The summed E-state index contributed by atoms with van der Waals surface area (Å²) in [5.74, 6) is 0.291. The Labute approximate surface area is 134 Å². The quantitative estimate of drug-likeness (QED) is 0.782. The van der Waals surface area contributed by atoms with Crippen molar-refractivity contribution >= 4 is 5.95 Å². The number of aromatic nitrogens is 4. The van der Waals surface area contributed by atoms with Gasteiger partial charge < -0.3 is 9.88 Å². The van der Waals surface area contributed by atoms with E-state index in [1.54, 1.807) is 31.7 Å². The highest BCUT2D eigenvalue weighted by molar-refractivity contribution is 5.77. The molecule has 0 aliphatic heterocycles. The molecule has 0 spiro atoms. The van der Waals surface area contributed by atoms with Gasteiger partial charge in [0.05, 0.1) is 23.4 Å². The van der Waals surface area contributed by atoms with Crippen molar-refractivity contribution in [2.45, 2.75) is 19.9 Å². The molecule has 0 radical (unpaired) electrons. The van der Waals surface area contributed by atoms with Gasteiger partial charge in [0.15, 0.2) is 0 Å². The Morgan fingerprint density at radius 1 is 1.13 bits per heavy atom. The summed E-state index contributed by atoms with van der Waals surface area (Å²) in [6.45, 7) is 2.95. The van der Waals surface area contributed by atoms with Gasteiger partial charge in [0.25, 0.3) is 0 Å². The predicted molar refractivity (Wildman–Crippen MR) is 88.5 cm³/mol. The van der Waals surface area contributed by atoms with E-state index in [2.05, 4.69) is 31.8 Å². The molecule has 3 aromatic rings. The van der Waals surface area contributed by atoms with E-state index in [4.69, 9.17) is 0 Å². The molecule has 2 aromatic heterocycles. The largest absolute Gasteiger partial charge is 0.357 e. The minimum Gasteiger partial charge on any atom is -0.357 e. The highest BCUT2D eigenvalue weighted by Crippen LogP contribution is 2.30. The Morgan fingerprint density at radius 3 is 2.61 bits per heavy atom. The number of benzene rings is 1. The maximum atomic E-state index is 13.2. The van der Waals surface area contributed by atoms with Gasteiger partial charge in [-0.15, -0.1) is 0 Å². The predicted octanol–water partition coefficient (Wildman–Crippen LogP) is 3.60. The third-order valence-electron chi connectivity index (χ3n) is 3.54. The van der Waals surface area contributed by atoms with E-state index in [1.807, 2.05) is 6.07 Å². The lowest BCUT2D eigenvalue weighted by Crippen LogP contribution is -2.02. The Balaban J connectivity index is 2.15. The smallest absolute Gasteiger partial charge is 0.222 e. The van der Waals surface area contributed by atoms with Crippen LogP contribution in [0.5, 0.6) is 0 Å². The fourth-order valence-corrected chi connectivity index (χ4v) is 2.49. The second-order valence-electron chi connectivity index (χ2n) is 5.16. The van der Waals surface area contributed by atoms with E-state index in [0.717, 1.165) is 35.6 Å². The van der Waals surface area contributed by atoms with Gasteiger partial charge in [0.2, 0.25) is 5.95 Å². The number of aryl methyl sites for hydroxylation is 1. The van der Waals surface area contributed by atoms with Gasteiger partial charge in [-0.25, -0.2) is 19.3 Å². The number of halogens is 1. The first-order chi connectivity index (χ1) is 11.2. The zero-order valence-corrected chi connectivity index (χ0v) is 13.1. The van der Waals surface area contributed by atoms with Crippen molar-refractivity contribution in [3.63, 3.8) is 0 Å². The Bertz CT molecular complexity index is 795. The van der Waals surface area contributed by atoms with Crippen LogP contribution in [0.4, 0.5) is 10.3 Å². The lowest BCUT2D eigenvalue weighted by atomic mass is 10.1. The summed E-state index contributed by atoms with van der Waals surface area (Å²) in [6.07, 6.45) is 4.50. The van der Waals surface area contributed by atoms with Crippen LogP contribution in [0, 0.1) is 5.82 Å². The molecule has 0 saturated heterocycles. The van der Waals surface area contributed by atoms with Gasteiger partial charge in [-0.05, 0) is 36.8 Å². The van der Waals surface area contributed by atoms with Crippen LogP contribution in [0.1, 0.15) is 13.3 Å². The van der Waals surface area contributed by atoms with Gasteiger partial charge in [0.1, 0.15) is 5.82 Å². The third-order valence-corrected chi connectivity index (χ3v) is 3.54. The molecule has 1 N–H and O–H groups in total. The first kappa shape index (κ1) is 15.1. The number of imidazole rings is 1. The van der Waals surface area contributed by atoms with Crippen LogP contribution in [0.2, 0.25) is 0 Å². The van der Waals surface area contributed by atoms with Gasteiger partial charge in [-0.1, -0.05) is 6.92 Å². The van der Waals surface area contributed by atoms with Gasteiger partial charge in [0, 0.05) is 25.4 Å². The molecule has 0 amide bonds. The standard InChI is InChI=1S/C17H18FN5/c1-3-10-23-11-21-15(12-4-6-13(18)7-5-12)16(23)14-8-9-20-17(19-2)22-14/h4-9,11H,3,10H2,1-2H3,(H,19,20,22). The van der Waals surface area contributed by atoms with Crippen molar-refractivity contribution in [1.29, 1.82) is 0 Å². The molecule has 6 heteroatoms. The summed E-state index contributed by atoms with van der Waals surface area (Å²) >= 11 is 0. The van der Waals surface area contributed by atoms with E-state index >= 15 is 0 Å². The van der Waals surface area contributed by atoms with E-state index in [-0.39, 0.29) is 5.82 Å². The van der Waals surface area contributed by atoms with Crippen molar-refractivity contribution in [1.82, 2.24) is 19.5 Å². The summed E-state index contributed by atoms with van der Waals surface area (Å²) in [5.41, 5.74) is 3.35. The second kappa shape index (κ2) is 6.56. The summed E-state index contributed by atoms with van der Waals surface area (Å²) in [5, 5.41) is 2.95. The maximum Gasteiger partial charge on any atom is 0.222 e. The summed E-state index contributed by atoms with van der Waals surface area (Å²) < 4.78 is 15.3. The van der Waals surface area contributed by atoms with E-state index in [0.29, 0.717) is 5.95 Å². The molecule has 2 heterocycles. The molecule has 3 rings (SSSR count). The molecule has 5 nitrogen and oxygen atoms in total. The second-order valence-corrected chi connectivity index (χ2v) is 5.16. The number of hydrogen-bond donors (Lipinski definition) is 1. The van der Waals surface area contributed by atoms with Crippen molar-refractivity contribution < 1.29 is 4.39 Å². The van der Waals surface area contributed by atoms with Crippen LogP contribution in [0.3, 0.4) is 0 Å². The molecule has 0 unspecified atom stereocenters. The molecule has 0 aliphatic carbocycles. The van der Waals surface area contributed by atoms with Crippen LogP contribution >= 0.6 is 0 Å². The number of hydrogen-bond acceptors (Lipinski definition) is 4. The van der Waals surface area contributed by atoms with Crippen LogP contribution in [0.15, 0.2) is 42.9 Å². The normalized spacial score (nSPS) is 10.7. The minimum absolute atomic E-state index is 0.261.